The molecule has 1 amide bonds. The monoisotopic (exact) mass is 334 g/mol. The molecule has 0 spiro atoms. The third-order valence-electron chi connectivity index (χ3n) is 4.63. The molecule has 2 rings (SSSR count). The van der Waals surface area contributed by atoms with Crippen molar-refractivity contribution >= 4 is 5.91 Å². The summed E-state index contributed by atoms with van der Waals surface area (Å²) < 4.78 is 5.18. The Morgan fingerprint density at radius 2 is 2.00 bits per heavy atom. The summed E-state index contributed by atoms with van der Waals surface area (Å²) in [5.41, 5.74) is -0.166. The lowest BCUT2D eigenvalue weighted by Crippen LogP contribution is -2.52. The second-order valence-electron chi connectivity index (χ2n) is 7.84. The number of carbonyl (C=O) groups excluding carboxylic acids is 1. The van der Waals surface area contributed by atoms with Gasteiger partial charge in [0, 0.05) is 24.5 Å². The molecule has 1 heterocycles. The van der Waals surface area contributed by atoms with Crippen molar-refractivity contribution in [3.05, 3.63) is 29.8 Å². The van der Waals surface area contributed by atoms with Gasteiger partial charge in [-0.25, -0.2) is 0 Å². The number of rotatable bonds is 4. The van der Waals surface area contributed by atoms with Crippen LogP contribution in [0.2, 0.25) is 0 Å². The van der Waals surface area contributed by atoms with Crippen LogP contribution in [0.4, 0.5) is 0 Å². The van der Waals surface area contributed by atoms with Gasteiger partial charge in [-0.3, -0.25) is 9.69 Å². The third kappa shape index (κ3) is 4.48. The number of aliphatic hydroxyl groups is 1. The zero-order chi connectivity index (χ0) is 18.0. The Hall–Kier alpha value is -1.59. The largest absolute Gasteiger partial charge is 0.497 e. The second-order valence-corrected chi connectivity index (χ2v) is 7.84. The molecule has 2 N–H and O–H groups in total. The number of methoxy groups -OCH3 is 1. The molecule has 1 saturated heterocycles. The summed E-state index contributed by atoms with van der Waals surface area (Å²) in [5, 5.41) is 14.1. The van der Waals surface area contributed by atoms with Gasteiger partial charge in [0.2, 0.25) is 5.91 Å². The highest BCUT2D eigenvalue weighted by atomic mass is 16.5. The maximum atomic E-state index is 12.1. The summed E-state index contributed by atoms with van der Waals surface area (Å²) >= 11 is 0. The highest BCUT2D eigenvalue weighted by Gasteiger charge is 2.40. The molecule has 0 saturated carbocycles. The number of hydrogen-bond donors (Lipinski definition) is 2. The van der Waals surface area contributed by atoms with Gasteiger partial charge < -0.3 is 15.2 Å². The fraction of sp³-hybridized carbons (Fsp3) is 0.632. The fourth-order valence-electron chi connectivity index (χ4n) is 3.32. The van der Waals surface area contributed by atoms with Crippen molar-refractivity contribution in [3.8, 4) is 5.75 Å². The predicted molar refractivity (Wildman–Crippen MR) is 95.0 cm³/mol. The number of nitrogens with one attached hydrogen (secondary N) is 1. The summed E-state index contributed by atoms with van der Waals surface area (Å²) in [7, 11) is 1.63. The van der Waals surface area contributed by atoms with Crippen LogP contribution in [-0.2, 0) is 10.4 Å². The van der Waals surface area contributed by atoms with Crippen molar-refractivity contribution < 1.29 is 14.6 Å². The number of hydrogen-bond acceptors (Lipinski definition) is 4. The fourth-order valence-corrected chi connectivity index (χ4v) is 3.32. The van der Waals surface area contributed by atoms with Crippen molar-refractivity contribution in [2.24, 2.45) is 5.92 Å². The Bertz CT molecular complexity index is 565. The normalized spacial score (nSPS) is 25.3. The third-order valence-corrected chi connectivity index (χ3v) is 4.63. The van der Waals surface area contributed by atoms with Gasteiger partial charge in [-0.1, -0.05) is 19.1 Å². The summed E-state index contributed by atoms with van der Waals surface area (Å²) in [4.78, 5) is 14.2. The lowest BCUT2D eigenvalue weighted by molar-refractivity contribution is -0.126. The summed E-state index contributed by atoms with van der Waals surface area (Å²) in [6.45, 7) is 9.74. The average molecular weight is 334 g/mol. The molecule has 1 aliphatic heterocycles. The number of carbonyl (C=O) groups is 1. The molecule has 0 bridgehead atoms. The Morgan fingerprint density at radius 3 is 2.50 bits per heavy atom. The van der Waals surface area contributed by atoms with Crippen LogP contribution in [0.1, 0.15) is 39.7 Å². The average Bonchev–Trinajstić information content (AvgIpc) is 2.49. The molecule has 0 aliphatic carbocycles. The Balaban J connectivity index is 2.00. The quantitative estimate of drug-likeness (QED) is 0.886. The van der Waals surface area contributed by atoms with E-state index in [2.05, 4.69) is 10.2 Å². The number of likely N-dealkylation sites (tertiary alicyclic amines) is 1. The molecule has 24 heavy (non-hydrogen) atoms. The van der Waals surface area contributed by atoms with Gasteiger partial charge in [0.1, 0.15) is 5.75 Å². The summed E-state index contributed by atoms with van der Waals surface area (Å²) in [6, 6.07) is 7.61. The zero-order valence-electron chi connectivity index (χ0n) is 15.4. The highest BCUT2D eigenvalue weighted by Crippen LogP contribution is 2.37. The van der Waals surface area contributed by atoms with Crippen LogP contribution in [0.5, 0.6) is 5.75 Å². The van der Waals surface area contributed by atoms with E-state index >= 15 is 0 Å². The standard InChI is InChI=1S/C19H30N2O3/c1-14-12-21(13-17(22)20-18(2,3)4)11-10-19(14,23)15-6-8-16(24-5)9-7-15/h6-9,14,23H,10-13H2,1-5H3,(H,20,22)/t14-,19-/m0/s1. The van der Waals surface area contributed by atoms with E-state index in [9.17, 15) is 9.90 Å². The number of nitrogens with zero attached hydrogens (tertiary/aromatic N) is 1. The first-order chi connectivity index (χ1) is 11.1. The number of ether oxygens (including phenoxy) is 1. The van der Waals surface area contributed by atoms with Crippen LogP contribution in [0.15, 0.2) is 24.3 Å². The van der Waals surface area contributed by atoms with Crippen LogP contribution in [0.25, 0.3) is 0 Å². The number of benzene rings is 1. The van der Waals surface area contributed by atoms with Gasteiger partial charge in [0.05, 0.1) is 19.3 Å². The Morgan fingerprint density at radius 1 is 1.38 bits per heavy atom. The number of piperidine rings is 1. The molecule has 2 atom stereocenters. The topological polar surface area (TPSA) is 61.8 Å². The van der Waals surface area contributed by atoms with E-state index in [0.29, 0.717) is 26.1 Å². The molecular weight excluding hydrogens is 304 g/mol. The maximum absolute atomic E-state index is 12.1. The van der Waals surface area contributed by atoms with E-state index in [1.165, 1.54) is 0 Å². The minimum Gasteiger partial charge on any atom is -0.497 e. The first-order valence-corrected chi connectivity index (χ1v) is 8.54. The smallest absolute Gasteiger partial charge is 0.234 e. The highest BCUT2D eigenvalue weighted by molar-refractivity contribution is 5.78. The van der Waals surface area contributed by atoms with Gasteiger partial charge in [0.25, 0.3) is 0 Å². The predicted octanol–water partition coefficient (Wildman–Crippen LogP) is 2.14. The maximum Gasteiger partial charge on any atom is 0.234 e. The molecule has 1 aromatic rings. The molecular formula is C19H30N2O3. The molecule has 0 unspecified atom stereocenters. The van der Waals surface area contributed by atoms with E-state index < -0.39 is 5.60 Å². The van der Waals surface area contributed by atoms with Crippen molar-refractivity contribution in [2.75, 3.05) is 26.7 Å². The first kappa shape index (κ1) is 18.7. The van der Waals surface area contributed by atoms with E-state index in [4.69, 9.17) is 4.74 Å². The zero-order valence-corrected chi connectivity index (χ0v) is 15.4. The van der Waals surface area contributed by atoms with Crippen molar-refractivity contribution in [3.63, 3.8) is 0 Å². The lowest BCUT2D eigenvalue weighted by Gasteiger charge is -2.43. The first-order valence-electron chi connectivity index (χ1n) is 8.54. The molecule has 5 heteroatoms. The molecule has 0 aromatic heterocycles. The SMILES string of the molecule is COc1ccc([C@]2(O)CCN(CC(=O)NC(C)(C)C)C[C@@H]2C)cc1. The lowest BCUT2D eigenvalue weighted by atomic mass is 9.77. The van der Waals surface area contributed by atoms with Crippen LogP contribution in [-0.4, -0.2) is 48.2 Å². The second kappa shape index (κ2) is 7.11. The van der Waals surface area contributed by atoms with Gasteiger partial charge in [-0.05, 0) is 44.9 Å². The minimum atomic E-state index is -0.858. The molecule has 1 fully saturated rings. The molecule has 1 aliphatic rings. The van der Waals surface area contributed by atoms with Gasteiger partial charge in [-0.2, -0.15) is 0 Å². The summed E-state index contributed by atoms with van der Waals surface area (Å²) in [6.07, 6.45) is 0.614. The van der Waals surface area contributed by atoms with Gasteiger partial charge >= 0.3 is 0 Å². The van der Waals surface area contributed by atoms with Crippen LogP contribution in [0, 0.1) is 5.92 Å². The van der Waals surface area contributed by atoms with E-state index in [1.807, 2.05) is 52.0 Å². The Kier molecular flexibility index (Phi) is 5.56. The molecule has 1 aromatic carbocycles. The Labute approximate surface area is 145 Å². The van der Waals surface area contributed by atoms with E-state index in [0.717, 1.165) is 11.3 Å². The van der Waals surface area contributed by atoms with Gasteiger partial charge in [0.15, 0.2) is 0 Å². The minimum absolute atomic E-state index is 0.0320. The molecule has 0 radical (unpaired) electrons. The van der Waals surface area contributed by atoms with Crippen molar-refractivity contribution in [2.45, 2.75) is 45.3 Å². The van der Waals surface area contributed by atoms with Crippen LogP contribution < -0.4 is 10.1 Å². The van der Waals surface area contributed by atoms with Crippen LogP contribution >= 0.6 is 0 Å². The summed E-state index contributed by atoms with van der Waals surface area (Å²) in [5.74, 6) is 0.859. The van der Waals surface area contributed by atoms with E-state index in [1.54, 1.807) is 7.11 Å². The molecule has 134 valence electrons. The number of amides is 1. The van der Waals surface area contributed by atoms with E-state index in [-0.39, 0.29) is 17.4 Å². The van der Waals surface area contributed by atoms with Crippen LogP contribution in [0.3, 0.4) is 0 Å². The van der Waals surface area contributed by atoms with Crippen molar-refractivity contribution in [1.29, 1.82) is 0 Å². The molecule has 5 nitrogen and oxygen atoms in total. The van der Waals surface area contributed by atoms with Crippen molar-refractivity contribution in [1.82, 2.24) is 10.2 Å². The van der Waals surface area contributed by atoms with Gasteiger partial charge in [-0.15, -0.1) is 0 Å².